The van der Waals surface area contributed by atoms with Crippen molar-refractivity contribution in [1.82, 2.24) is 4.98 Å². The van der Waals surface area contributed by atoms with Crippen LogP contribution in [0.4, 0.5) is 5.82 Å². The number of carboxylic acids is 1. The first-order valence-electron chi connectivity index (χ1n) is 5.58. The number of nitrogens with zero attached hydrogens (tertiary/aromatic N) is 1. The lowest BCUT2D eigenvalue weighted by molar-refractivity contribution is -0.131. The van der Waals surface area contributed by atoms with Crippen LogP contribution in [0.15, 0.2) is 24.3 Å². The summed E-state index contributed by atoms with van der Waals surface area (Å²) in [6.07, 6.45) is 3.14. The van der Waals surface area contributed by atoms with Gasteiger partial charge in [-0.15, -0.1) is 0 Å². The molecule has 0 saturated heterocycles. The van der Waals surface area contributed by atoms with Crippen LogP contribution < -0.4 is 5.32 Å². The molecule has 1 aromatic rings. The second-order valence-electron chi connectivity index (χ2n) is 4.08. The number of anilines is 1. The Morgan fingerprint density at radius 1 is 1.40 bits per heavy atom. The van der Waals surface area contributed by atoms with Gasteiger partial charge in [-0.3, -0.25) is 4.79 Å². The molecule has 1 heterocycles. The molecule has 7 nitrogen and oxygen atoms in total. The molecule has 0 fully saturated rings. The Bertz CT molecular complexity index is 652. The van der Waals surface area contributed by atoms with Crippen molar-refractivity contribution in [3.63, 3.8) is 0 Å². The molecule has 1 atom stereocenters. The number of aromatic nitrogens is 1. The van der Waals surface area contributed by atoms with Crippen molar-refractivity contribution >= 4 is 33.6 Å². The summed E-state index contributed by atoms with van der Waals surface area (Å²) in [6, 6.07) is 4.59. The molecule has 2 N–H and O–H groups in total. The van der Waals surface area contributed by atoms with Crippen LogP contribution in [0.5, 0.6) is 0 Å². The average molecular weight is 298 g/mol. The van der Waals surface area contributed by atoms with E-state index in [1.165, 1.54) is 19.1 Å². The lowest BCUT2D eigenvalue weighted by Crippen LogP contribution is -2.32. The molecule has 0 aromatic carbocycles. The molecule has 0 bridgehead atoms. The summed E-state index contributed by atoms with van der Waals surface area (Å²) < 4.78 is 22.5. The quantitative estimate of drug-likeness (QED) is 0.767. The van der Waals surface area contributed by atoms with E-state index in [4.69, 9.17) is 5.11 Å². The first-order chi connectivity index (χ1) is 9.20. The van der Waals surface area contributed by atoms with Gasteiger partial charge in [0.2, 0.25) is 5.91 Å². The normalized spacial score (nSPS) is 13.1. The van der Waals surface area contributed by atoms with Crippen LogP contribution in [0.2, 0.25) is 0 Å². The number of pyridine rings is 1. The number of carboxylic acid groups (broad SMARTS) is 1. The summed E-state index contributed by atoms with van der Waals surface area (Å²) in [6.45, 7) is 1.28. The highest BCUT2D eigenvalue weighted by Gasteiger charge is 2.23. The van der Waals surface area contributed by atoms with Crippen LogP contribution in [0.25, 0.3) is 6.08 Å². The summed E-state index contributed by atoms with van der Waals surface area (Å²) in [5.41, 5.74) is 0.331. The number of sulfone groups is 1. The molecule has 1 unspecified atom stereocenters. The molecule has 0 aliphatic heterocycles. The molecule has 0 aliphatic carbocycles. The van der Waals surface area contributed by atoms with Gasteiger partial charge in [0, 0.05) is 12.3 Å². The standard InChI is InChI=1S/C12H14N2O5S/c1-8(20(2,18)19)12(17)14-10-5-3-4-9(13-10)6-7-11(15)16/h3-8H,1-2H3,(H,15,16)(H,13,14,17)/b7-6+. The summed E-state index contributed by atoms with van der Waals surface area (Å²) in [4.78, 5) is 26.1. The predicted molar refractivity (Wildman–Crippen MR) is 73.8 cm³/mol. The van der Waals surface area contributed by atoms with Crippen LogP contribution in [0, 0.1) is 0 Å². The Kier molecular flexibility index (Phi) is 4.98. The molecule has 0 radical (unpaired) electrons. The Morgan fingerprint density at radius 2 is 2.05 bits per heavy atom. The number of hydrogen-bond acceptors (Lipinski definition) is 5. The maximum atomic E-state index is 11.7. The van der Waals surface area contributed by atoms with E-state index in [-0.39, 0.29) is 5.82 Å². The molecule has 0 saturated carbocycles. The third-order valence-electron chi connectivity index (χ3n) is 2.43. The van der Waals surface area contributed by atoms with Crippen molar-refractivity contribution in [1.29, 1.82) is 0 Å². The fraction of sp³-hybridized carbons (Fsp3) is 0.250. The third kappa shape index (κ3) is 4.81. The number of nitrogens with one attached hydrogen (secondary N) is 1. The maximum absolute atomic E-state index is 11.7. The van der Waals surface area contributed by atoms with Gasteiger partial charge in [0.05, 0.1) is 5.69 Å². The fourth-order valence-electron chi connectivity index (χ4n) is 1.19. The average Bonchev–Trinajstić information content (AvgIpc) is 2.34. The van der Waals surface area contributed by atoms with Gasteiger partial charge in [-0.2, -0.15) is 0 Å². The summed E-state index contributed by atoms with van der Waals surface area (Å²) in [7, 11) is -3.49. The van der Waals surface area contributed by atoms with Crippen LogP contribution in [0.1, 0.15) is 12.6 Å². The van der Waals surface area contributed by atoms with Crippen LogP contribution in [-0.2, 0) is 19.4 Å². The van der Waals surface area contributed by atoms with Gasteiger partial charge in [-0.1, -0.05) is 6.07 Å². The minimum atomic E-state index is -3.49. The number of aliphatic carboxylic acids is 1. The van der Waals surface area contributed by atoms with Crippen molar-refractivity contribution in [3.8, 4) is 0 Å². The van der Waals surface area contributed by atoms with E-state index in [0.29, 0.717) is 5.69 Å². The molecule has 1 aromatic heterocycles. The van der Waals surface area contributed by atoms with Gasteiger partial charge in [0.15, 0.2) is 9.84 Å². The van der Waals surface area contributed by atoms with E-state index in [0.717, 1.165) is 12.3 Å². The maximum Gasteiger partial charge on any atom is 0.328 e. The highest BCUT2D eigenvalue weighted by Crippen LogP contribution is 2.08. The lowest BCUT2D eigenvalue weighted by Gasteiger charge is -2.10. The highest BCUT2D eigenvalue weighted by molar-refractivity contribution is 7.92. The van der Waals surface area contributed by atoms with E-state index in [9.17, 15) is 18.0 Å². The van der Waals surface area contributed by atoms with Gasteiger partial charge in [0.1, 0.15) is 11.1 Å². The van der Waals surface area contributed by atoms with Crippen molar-refractivity contribution in [2.45, 2.75) is 12.2 Å². The van der Waals surface area contributed by atoms with Gasteiger partial charge in [-0.05, 0) is 25.1 Å². The number of amides is 1. The second kappa shape index (κ2) is 6.29. The monoisotopic (exact) mass is 298 g/mol. The van der Waals surface area contributed by atoms with Gasteiger partial charge in [-0.25, -0.2) is 18.2 Å². The van der Waals surface area contributed by atoms with Crippen molar-refractivity contribution in [2.75, 3.05) is 11.6 Å². The highest BCUT2D eigenvalue weighted by atomic mass is 32.2. The topological polar surface area (TPSA) is 113 Å². The Morgan fingerprint density at radius 3 is 2.60 bits per heavy atom. The van der Waals surface area contributed by atoms with E-state index < -0.39 is 27.0 Å². The summed E-state index contributed by atoms with van der Waals surface area (Å²) >= 11 is 0. The summed E-state index contributed by atoms with van der Waals surface area (Å²) in [5.74, 6) is -1.66. The Hall–Kier alpha value is -2.22. The zero-order valence-corrected chi connectivity index (χ0v) is 11.7. The van der Waals surface area contributed by atoms with E-state index in [1.807, 2.05) is 0 Å². The van der Waals surface area contributed by atoms with E-state index in [2.05, 4.69) is 10.3 Å². The second-order valence-corrected chi connectivity index (χ2v) is 6.45. The molecular formula is C12H14N2O5S. The van der Waals surface area contributed by atoms with Crippen molar-refractivity contribution in [3.05, 3.63) is 30.0 Å². The molecule has 8 heteroatoms. The van der Waals surface area contributed by atoms with Gasteiger partial charge in [0.25, 0.3) is 0 Å². The van der Waals surface area contributed by atoms with Gasteiger partial charge < -0.3 is 10.4 Å². The molecule has 0 spiro atoms. The van der Waals surface area contributed by atoms with Gasteiger partial charge >= 0.3 is 5.97 Å². The minimum absolute atomic E-state index is 0.151. The number of hydrogen-bond donors (Lipinski definition) is 2. The molecule has 20 heavy (non-hydrogen) atoms. The number of carbonyl (C=O) groups is 2. The molecular weight excluding hydrogens is 284 g/mol. The first kappa shape index (κ1) is 15.8. The largest absolute Gasteiger partial charge is 0.478 e. The zero-order valence-electron chi connectivity index (χ0n) is 10.9. The SMILES string of the molecule is CC(C(=O)Nc1cccc(/C=C/C(=O)O)n1)S(C)(=O)=O. The van der Waals surface area contributed by atoms with Crippen molar-refractivity contribution < 1.29 is 23.1 Å². The molecule has 0 aliphatic rings. The smallest absolute Gasteiger partial charge is 0.328 e. The first-order valence-corrected chi connectivity index (χ1v) is 7.53. The fourth-order valence-corrected chi connectivity index (χ4v) is 1.64. The Balaban J connectivity index is 2.86. The zero-order chi connectivity index (χ0) is 15.3. The van der Waals surface area contributed by atoms with E-state index >= 15 is 0 Å². The number of carbonyl (C=O) groups excluding carboxylic acids is 1. The Labute approximate surface area is 116 Å². The summed E-state index contributed by atoms with van der Waals surface area (Å²) in [5, 5.41) is 9.67. The minimum Gasteiger partial charge on any atom is -0.478 e. The van der Waals surface area contributed by atoms with Crippen LogP contribution >= 0.6 is 0 Å². The van der Waals surface area contributed by atoms with E-state index in [1.54, 1.807) is 12.1 Å². The third-order valence-corrected chi connectivity index (χ3v) is 3.93. The molecule has 1 amide bonds. The van der Waals surface area contributed by atoms with Crippen molar-refractivity contribution in [2.24, 2.45) is 0 Å². The molecule has 1 rings (SSSR count). The van der Waals surface area contributed by atoms with Crippen LogP contribution in [-0.4, -0.2) is 41.9 Å². The lowest BCUT2D eigenvalue weighted by atomic mass is 10.3. The van der Waals surface area contributed by atoms with Crippen LogP contribution in [0.3, 0.4) is 0 Å². The predicted octanol–water partition coefficient (Wildman–Crippen LogP) is 0.551. The number of rotatable bonds is 5. The molecule has 108 valence electrons.